The highest BCUT2D eigenvalue weighted by Crippen LogP contribution is 2.07. The summed E-state index contributed by atoms with van der Waals surface area (Å²) in [4.78, 5) is 0. The topological polar surface area (TPSA) is 61.8 Å². The summed E-state index contributed by atoms with van der Waals surface area (Å²) in [6.07, 6.45) is 0. The molecule has 0 atom stereocenters. The predicted molar refractivity (Wildman–Crippen MR) is 73.2 cm³/mol. The second-order valence-electron chi connectivity index (χ2n) is 3.63. The molecule has 0 unspecified atom stereocenters. The van der Waals surface area contributed by atoms with E-state index in [1.165, 1.54) is 0 Å². The monoisotopic (exact) mass is 308 g/mol. The first kappa shape index (κ1) is 16.2. The van der Waals surface area contributed by atoms with Gasteiger partial charge in [0.15, 0.2) is 0 Å². The summed E-state index contributed by atoms with van der Waals surface area (Å²) in [5, 5.41) is 0. The van der Waals surface area contributed by atoms with Crippen molar-refractivity contribution in [3.05, 3.63) is 30.3 Å². The van der Waals surface area contributed by atoms with Gasteiger partial charge in [-0.05, 0) is 12.1 Å². The highest BCUT2D eigenvalue weighted by Gasteiger charge is 2.03. The van der Waals surface area contributed by atoms with E-state index in [9.17, 15) is 8.42 Å². The third-order valence-electron chi connectivity index (χ3n) is 2.08. The van der Waals surface area contributed by atoms with Crippen molar-refractivity contribution in [2.24, 2.45) is 0 Å². The second-order valence-corrected chi connectivity index (χ2v) is 6.53. The lowest BCUT2D eigenvalue weighted by Gasteiger charge is -2.07. The van der Waals surface area contributed by atoms with Crippen LogP contribution in [-0.2, 0) is 18.5 Å². The molecule has 108 valence electrons. The summed E-state index contributed by atoms with van der Waals surface area (Å²) in [6.45, 7) is 1.71. The lowest BCUT2D eigenvalue weighted by molar-refractivity contribution is 0.0410. The Balaban J connectivity index is 1.89. The summed E-state index contributed by atoms with van der Waals surface area (Å²) in [6, 6.07) is 9.46. The lowest BCUT2D eigenvalue weighted by atomic mass is 10.3. The van der Waals surface area contributed by atoms with E-state index in [0.717, 1.165) is 5.75 Å². The van der Waals surface area contributed by atoms with Gasteiger partial charge in [-0.3, -0.25) is 0 Å². The minimum Gasteiger partial charge on any atom is -0.491 e. The van der Waals surface area contributed by atoms with Crippen LogP contribution in [0.5, 0.6) is 5.75 Å². The summed E-state index contributed by atoms with van der Waals surface area (Å²) in [5.74, 6) is 0.612. The number of benzene rings is 1. The van der Waals surface area contributed by atoms with Crippen molar-refractivity contribution >= 4 is 19.7 Å². The quantitative estimate of drug-likeness (QED) is 0.486. The van der Waals surface area contributed by atoms with Gasteiger partial charge in [0.1, 0.15) is 12.4 Å². The second kappa shape index (κ2) is 9.14. The summed E-state index contributed by atoms with van der Waals surface area (Å²) in [5.41, 5.74) is 0. The molecule has 0 amide bonds. The average molecular weight is 309 g/mol. The number of rotatable bonds is 10. The highest BCUT2D eigenvalue weighted by atomic mass is 35.7. The van der Waals surface area contributed by atoms with Crippen LogP contribution in [0.2, 0.25) is 0 Å². The fourth-order valence-corrected chi connectivity index (χ4v) is 1.72. The van der Waals surface area contributed by atoms with Gasteiger partial charge < -0.3 is 14.2 Å². The fraction of sp³-hybridized carbons (Fsp3) is 0.500. The minimum atomic E-state index is -3.47. The maximum Gasteiger partial charge on any atom is 0.234 e. The van der Waals surface area contributed by atoms with Crippen LogP contribution in [0.3, 0.4) is 0 Å². The molecule has 0 bridgehead atoms. The van der Waals surface area contributed by atoms with Crippen molar-refractivity contribution in [2.75, 3.05) is 38.8 Å². The van der Waals surface area contributed by atoms with Crippen LogP contribution in [0.4, 0.5) is 0 Å². The molecule has 1 rings (SSSR count). The molecule has 1 aromatic rings. The molecule has 19 heavy (non-hydrogen) atoms. The molecular formula is C12H17ClO5S. The van der Waals surface area contributed by atoms with Crippen LogP contribution >= 0.6 is 10.7 Å². The van der Waals surface area contributed by atoms with Gasteiger partial charge in [-0.25, -0.2) is 8.42 Å². The number of halogens is 1. The van der Waals surface area contributed by atoms with Crippen molar-refractivity contribution < 1.29 is 22.6 Å². The van der Waals surface area contributed by atoms with E-state index in [1.54, 1.807) is 0 Å². The molecule has 7 heteroatoms. The van der Waals surface area contributed by atoms with E-state index in [-0.39, 0.29) is 12.4 Å². The van der Waals surface area contributed by atoms with Crippen LogP contribution in [0.15, 0.2) is 30.3 Å². The largest absolute Gasteiger partial charge is 0.491 e. The SMILES string of the molecule is O=S(=O)(Cl)CCOCCOCCOc1ccccc1. The highest BCUT2D eigenvalue weighted by molar-refractivity contribution is 8.13. The van der Waals surface area contributed by atoms with E-state index in [2.05, 4.69) is 0 Å². The van der Waals surface area contributed by atoms with Crippen molar-refractivity contribution in [2.45, 2.75) is 0 Å². The molecule has 0 heterocycles. The third kappa shape index (κ3) is 9.72. The lowest BCUT2D eigenvalue weighted by Crippen LogP contribution is -2.13. The number of hydrogen-bond acceptors (Lipinski definition) is 5. The third-order valence-corrected chi connectivity index (χ3v) is 3.20. The molecule has 0 spiro atoms. The van der Waals surface area contributed by atoms with Crippen LogP contribution < -0.4 is 4.74 Å². The van der Waals surface area contributed by atoms with Gasteiger partial charge in [0.05, 0.1) is 32.2 Å². The molecular weight excluding hydrogens is 292 g/mol. The van der Waals surface area contributed by atoms with E-state index in [4.69, 9.17) is 24.9 Å². The molecule has 0 aliphatic carbocycles. The van der Waals surface area contributed by atoms with E-state index in [1.807, 2.05) is 30.3 Å². The number of hydrogen-bond donors (Lipinski definition) is 0. The van der Waals surface area contributed by atoms with Gasteiger partial charge in [0.25, 0.3) is 0 Å². The Morgan fingerprint density at radius 3 is 2.11 bits per heavy atom. The Bertz CT molecular complexity index is 435. The normalized spacial score (nSPS) is 11.4. The van der Waals surface area contributed by atoms with Crippen molar-refractivity contribution in [3.63, 3.8) is 0 Å². The van der Waals surface area contributed by atoms with E-state index in [0.29, 0.717) is 26.4 Å². The molecule has 0 radical (unpaired) electrons. The zero-order valence-electron chi connectivity index (χ0n) is 10.5. The molecule has 0 saturated carbocycles. The Kier molecular flexibility index (Phi) is 7.81. The Morgan fingerprint density at radius 1 is 0.895 bits per heavy atom. The molecule has 0 saturated heterocycles. The van der Waals surface area contributed by atoms with Gasteiger partial charge in [0, 0.05) is 10.7 Å². The first-order valence-corrected chi connectivity index (χ1v) is 8.31. The van der Waals surface area contributed by atoms with Gasteiger partial charge in [-0.1, -0.05) is 18.2 Å². The maximum atomic E-state index is 10.6. The first-order chi connectivity index (χ1) is 9.08. The predicted octanol–water partition coefficient (Wildman–Crippen LogP) is 1.67. The zero-order valence-corrected chi connectivity index (χ0v) is 12.0. The molecule has 0 N–H and O–H groups in total. The van der Waals surface area contributed by atoms with Crippen molar-refractivity contribution in [3.8, 4) is 5.75 Å². The average Bonchev–Trinajstić information content (AvgIpc) is 2.37. The van der Waals surface area contributed by atoms with Crippen LogP contribution in [0.25, 0.3) is 0 Å². The number of para-hydroxylation sites is 1. The van der Waals surface area contributed by atoms with Gasteiger partial charge in [0.2, 0.25) is 9.05 Å². The van der Waals surface area contributed by atoms with Crippen LogP contribution in [0, 0.1) is 0 Å². The van der Waals surface area contributed by atoms with Crippen LogP contribution in [-0.4, -0.2) is 47.2 Å². The van der Waals surface area contributed by atoms with E-state index >= 15 is 0 Å². The Morgan fingerprint density at radius 2 is 1.47 bits per heavy atom. The van der Waals surface area contributed by atoms with E-state index < -0.39 is 9.05 Å². The molecule has 0 aromatic heterocycles. The molecule has 5 nitrogen and oxygen atoms in total. The zero-order chi connectivity index (χ0) is 14.0. The standard InChI is InChI=1S/C12H17ClO5S/c13-19(14,15)11-10-17-7-6-16-8-9-18-12-4-2-1-3-5-12/h1-5H,6-11H2. The molecule has 1 aromatic carbocycles. The smallest absolute Gasteiger partial charge is 0.234 e. The molecule has 0 aliphatic heterocycles. The van der Waals surface area contributed by atoms with Gasteiger partial charge >= 0.3 is 0 Å². The van der Waals surface area contributed by atoms with Gasteiger partial charge in [-0.15, -0.1) is 0 Å². The van der Waals surface area contributed by atoms with Crippen molar-refractivity contribution in [1.29, 1.82) is 0 Å². The van der Waals surface area contributed by atoms with Crippen molar-refractivity contribution in [1.82, 2.24) is 0 Å². The molecule has 0 aliphatic rings. The molecule has 0 fully saturated rings. The fourth-order valence-electron chi connectivity index (χ4n) is 1.22. The summed E-state index contributed by atoms with van der Waals surface area (Å²) >= 11 is 0. The Hall–Kier alpha value is -0.820. The minimum absolute atomic E-state index is 0.0791. The summed E-state index contributed by atoms with van der Waals surface area (Å²) in [7, 11) is 1.55. The van der Waals surface area contributed by atoms with Gasteiger partial charge in [-0.2, -0.15) is 0 Å². The number of ether oxygens (including phenoxy) is 3. The summed E-state index contributed by atoms with van der Waals surface area (Å²) < 4.78 is 36.9. The van der Waals surface area contributed by atoms with Crippen LogP contribution in [0.1, 0.15) is 0 Å². The Labute approximate surface area is 117 Å². The first-order valence-electron chi connectivity index (χ1n) is 5.83. The maximum absolute atomic E-state index is 10.6.